The van der Waals surface area contributed by atoms with Gasteiger partial charge in [0.25, 0.3) is 5.91 Å². The Bertz CT molecular complexity index is 140. The van der Waals surface area contributed by atoms with Gasteiger partial charge in [0.1, 0.15) is 4.71 Å². The molecule has 0 aromatic rings. The number of thiol groups is 1. The van der Waals surface area contributed by atoms with Crippen LogP contribution in [0.5, 0.6) is 0 Å². The van der Waals surface area contributed by atoms with Gasteiger partial charge in [0.15, 0.2) is 0 Å². The first-order valence-corrected chi connectivity index (χ1v) is 3.99. The number of carbonyl (C=O) groups is 1. The molecule has 1 unspecified atom stereocenters. The zero-order valence-electron chi connectivity index (χ0n) is 4.92. The van der Waals surface area contributed by atoms with Crippen LogP contribution in [0.2, 0.25) is 0 Å². The Morgan fingerprint density at radius 3 is 2.89 bits per heavy atom. The average molecular weight is 161 g/mol. The number of terminal acetylenes is 1. The summed E-state index contributed by atoms with van der Waals surface area (Å²) < 4.78 is -0.200. The first kappa shape index (κ1) is 8.73. The molecule has 9 heavy (non-hydrogen) atoms. The summed E-state index contributed by atoms with van der Waals surface area (Å²) in [6, 6.07) is 0. The first-order valence-electron chi connectivity index (χ1n) is 2.18. The summed E-state index contributed by atoms with van der Waals surface area (Å²) in [4.78, 5) is 10.4. The van der Waals surface area contributed by atoms with Gasteiger partial charge in [0.2, 0.25) is 0 Å². The van der Waals surface area contributed by atoms with E-state index in [1.54, 1.807) is 0 Å². The zero-order valence-corrected chi connectivity index (χ0v) is 6.63. The molecule has 1 N–H and O–H groups in total. The van der Waals surface area contributed by atoms with E-state index in [9.17, 15) is 4.79 Å². The highest BCUT2D eigenvalue weighted by atomic mass is 32.2. The monoisotopic (exact) mass is 161 g/mol. The fraction of sp³-hybridized carbons (Fsp3) is 0.400. The van der Waals surface area contributed by atoms with Crippen molar-refractivity contribution in [3.8, 4) is 12.3 Å². The standard InChI is InChI=1S/C5H7NOS2/c1-3-4(7)6-5(8)9-2/h1,5,8H,2H3,(H,6,7). The molecule has 0 aliphatic heterocycles. The lowest BCUT2D eigenvalue weighted by atomic mass is 10.6. The van der Waals surface area contributed by atoms with Crippen molar-refractivity contribution in [3.05, 3.63) is 0 Å². The highest BCUT2D eigenvalue weighted by molar-refractivity contribution is 8.09. The minimum absolute atomic E-state index is 0.200. The van der Waals surface area contributed by atoms with Crippen molar-refractivity contribution in [3.63, 3.8) is 0 Å². The van der Waals surface area contributed by atoms with Crippen molar-refractivity contribution >= 4 is 30.3 Å². The Morgan fingerprint density at radius 1 is 2.00 bits per heavy atom. The molecule has 0 aromatic carbocycles. The Balaban J connectivity index is 3.50. The van der Waals surface area contributed by atoms with Crippen molar-refractivity contribution in [2.24, 2.45) is 0 Å². The van der Waals surface area contributed by atoms with Crippen LogP contribution in [0.3, 0.4) is 0 Å². The maximum absolute atomic E-state index is 10.4. The number of hydrogen-bond donors (Lipinski definition) is 2. The molecule has 2 nitrogen and oxygen atoms in total. The van der Waals surface area contributed by atoms with E-state index in [1.165, 1.54) is 11.8 Å². The Labute approximate surface area is 64.2 Å². The number of carbonyl (C=O) groups excluding carboxylic acids is 1. The molecule has 1 atom stereocenters. The molecule has 0 rings (SSSR count). The first-order chi connectivity index (χ1) is 4.20. The predicted molar refractivity (Wildman–Crippen MR) is 43.3 cm³/mol. The molecule has 0 aromatic heterocycles. The van der Waals surface area contributed by atoms with Crippen molar-refractivity contribution in [2.75, 3.05) is 6.26 Å². The maximum atomic E-state index is 10.4. The summed E-state index contributed by atoms with van der Waals surface area (Å²) in [7, 11) is 0. The van der Waals surface area contributed by atoms with Gasteiger partial charge in [-0.2, -0.15) is 0 Å². The fourth-order valence-electron chi connectivity index (χ4n) is 0.213. The molecule has 0 spiro atoms. The molecule has 0 saturated heterocycles. The molecule has 50 valence electrons. The average Bonchev–Trinajstić information content (AvgIpc) is 1.87. The van der Waals surface area contributed by atoms with Gasteiger partial charge in [0.05, 0.1) is 0 Å². The molecule has 0 bridgehead atoms. The highest BCUT2D eigenvalue weighted by Crippen LogP contribution is 2.04. The number of nitrogens with one attached hydrogen (secondary N) is 1. The van der Waals surface area contributed by atoms with Crippen LogP contribution < -0.4 is 5.32 Å². The molecular formula is C5H7NOS2. The maximum Gasteiger partial charge on any atom is 0.297 e. The van der Waals surface area contributed by atoms with Crippen LogP contribution in [0, 0.1) is 12.3 Å². The van der Waals surface area contributed by atoms with E-state index >= 15 is 0 Å². The predicted octanol–water partition coefficient (Wildman–Crippen LogP) is 0.312. The van der Waals surface area contributed by atoms with Crippen LogP contribution in [-0.4, -0.2) is 16.9 Å². The number of hydrogen-bond acceptors (Lipinski definition) is 3. The van der Waals surface area contributed by atoms with Gasteiger partial charge in [-0.15, -0.1) is 30.8 Å². The molecular weight excluding hydrogens is 154 g/mol. The molecule has 0 aliphatic rings. The summed E-state index contributed by atoms with van der Waals surface area (Å²) in [6.07, 6.45) is 6.60. The molecule has 0 radical (unpaired) electrons. The molecule has 4 heteroatoms. The Morgan fingerprint density at radius 2 is 2.56 bits per heavy atom. The van der Waals surface area contributed by atoms with E-state index in [0.29, 0.717) is 0 Å². The van der Waals surface area contributed by atoms with Crippen LogP contribution in [0.15, 0.2) is 0 Å². The largest absolute Gasteiger partial charge is 0.325 e. The second-order valence-electron chi connectivity index (χ2n) is 1.21. The topological polar surface area (TPSA) is 29.1 Å². The summed E-state index contributed by atoms with van der Waals surface area (Å²) in [5.74, 6) is 1.49. The van der Waals surface area contributed by atoms with Crippen molar-refractivity contribution in [1.82, 2.24) is 5.32 Å². The number of rotatable bonds is 2. The summed E-state index contributed by atoms with van der Waals surface area (Å²) in [5, 5.41) is 2.43. The molecule has 0 heterocycles. The third-order valence-corrected chi connectivity index (χ3v) is 1.93. The smallest absolute Gasteiger partial charge is 0.297 e. The molecule has 1 amide bonds. The minimum atomic E-state index is -0.427. The van der Waals surface area contributed by atoms with E-state index in [4.69, 9.17) is 6.42 Å². The summed E-state index contributed by atoms with van der Waals surface area (Å²) >= 11 is 5.36. The third kappa shape index (κ3) is 4.25. The Kier molecular flexibility index (Phi) is 4.46. The van der Waals surface area contributed by atoms with Gasteiger partial charge in [0, 0.05) is 0 Å². The number of thioether (sulfide) groups is 1. The number of amides is 1. The molecule has 0 aliphatic carbocycles. The second-order valence-corrected chi connectivity index (χ2v) is 3.01. The molecule has 0 saturated carbocycles. The van der Waals surface area contributed by atoms with Crippen molar-refractivity contribution < 1.29 is 4.79 Å². The SMILES string of the molecule is C#CC(=O)NC(S)SC. The van der Waals surface area contributed by atoms with E-state index in [-0.39, 0.29) is 4.71 Å². The lowest BCUT2D eigenvalue weighted by Gasteiger charge is -2.05. The van der Waals surface area contributed by atoms with Gasteiger partial charge in [-0.05, 0) is 12.2 Å². The fourth-order valence-corrected chi connectivity index (χ4v) is 0.555. The summed E-state index contributed by atoms with van der Waals surface area (Å²) in [6.45, 7) is 0. The van der Waals surface area contributed by atoms with E-state index in [1.807, 2.05) is 12.2 Å². The van der Waals surface area contributed by atoms with Crippen molar-refractivity contribution in [2.45, 2.75) is 4.71 Å². The lowest BCUT2D eigenvalue weighted by molar-refractivity contribution is -0.115. The van der Waals surface area contributed by atoms with Crippen LogP contribution >= 0.6 is 24.4 Å². The van der Waals surface area contributed by atoms with Gasteiger partial charge in [-0.1, -0.05) is 0 Å². The minimum Gasteiger partial charge on any atom is -0.325 e. The normalized spacial score (nSPS) is 11.7. The quantitative estimate of drug-likeness (QED) is 0.347. The van der Waals surface area contributed by atoms with Crippen LogP contribution in [-0.2, 0) is 4.79 Å². The lowest BCUT2D eigenvalue weighted by Crippen LogP contribution is -2.26. The third-order valence-electron chi connectivity index (χ3n) is 0.609. The van der Waals surface area contributed by atoms with Gasteiger partial charge in [-0.25, -0.2) is 0 Å². The van der Waals surface area contributed by atoms with Gasteiger partial charge in [-0.3, -0.25) is 4.79 Å². The van der Waals surface area contributed by atoms with Gasteiger partial charge >= 0.3 is 0 Å². The highest BCUT2D eigenvalue weighted by Gasteiger charge is 2.00. The van der Waals surface area contributed by atoms with Crippen LogP contribution in [0.1, 0.15) is 0 Å². The molecule has 0 fully saturated rings. The zero-order chi connectivity index (χ0) is 7.28. The van der Waals surface area contributed by atoms with Crippen LogP contribution in [0.25, 0.3) is 0 Å². The van der Waals surface area contributed by atoms with E-state index < -0.39 is 5.91 Å². The Hall–Kier alpha value is -0.270. The summed E-state index contributed by atoms with van der Waals surface area (Å²) in [5.41, 5.74) is 0. The van der Waals surface area contributed by atoms with Crippen molar-refractivity contribution in [1.29, 1.82) is 0 Å². The van der Waals surface area contributed by atoms with E-state index in [0.717, 1.165) is 0 Å². The second kappa shape index (κ2) is 4.59. The van der Waals surface area contributed by atoms with Crippen LogP contribution in [0.4, 0.5) is 0 Å². The van der Waals surface area contributed by atoms with E-state index in [2.05, 4.69) is 17.9 Å². The van der Waals surface area contributed by atoms with Gasteiger partial charge < -0.3 is 5.32 Å².